The summed E-state index contributed by atoms with van der Waals surface area (Å²) < 4.78 is 12.3. The van der Waals surface area contributed by atoms with E-state index in [1.165, 1.54) is 36.0 Å². The number of anilines is 1. The van der Waals surface area contributed by atoms with Crippen LogP contribution in [0, 0.1) is 17.0 Å². The van der Waals surface area contributed by atoms with Crippen molar-refractivity contribution in [3.63, 3.8) is 0 Å². The number of aromatic nitrogens is 3. The number of hydrogen-bond acceptors (Lipinski definition) is 9. The van der Waals surface area contributed by atoms with Gasteiger partial charge in [0, 0.05) is 30.4 Å². The Morgan fingerprint density at radius 2 is 1.89 bits per heavy atom. The average molecular weight is 541 g/mol. The second-order valence-electron chi connectivity index (χ2n) is 7.90. The summed E-state index contributed by atoms with van der Waals surface area (Å²) in [6, 6.07) is 9.57. The highest BCUT2D eigenvalue weighted by atomic mass is 32.2. The molecule has 0 bridgehead atoms. The summed E-state index contributed by atoms with van der Waals surface area (Å²) in [5.74, 6) is 1.18. The van der Waals surface area contributed by atoms with Crippen LogP contribution in [0.15, 0.2) is 47.6 Å². The first-order chi connectivity index (χ1) is 18.2. The van der Waals surface area contributed by atoms with Crippen molar-refractivity contribution in [2.45, 2.75) is 32.1 Å². The highest BCUT2D eigenvalue weighted by Gasteiger charge is 2.15. The van der Waals surface area contributed by atoms with E-state index in [1.54, 1.807) is 45.4 Å². The first-order valence-electron chi connectivity index (χ1n) is 11.5. The highest BCUT2D eigenvalue weighted by molar-refractivity contribution is 7.99. The summed E-state index contributed by atoms with van der Waals surface area (Å²) in [7, 11) is 3.10. The number of nitro benzene ring substituents is 1. The molecule has 0 saturated heterocycles. The largest absolute Gasteiger partial charge is 0.493 e. The van der Waals surface area contributed by atoms with Gasteiger partial charge in [-0.3, -0.25) is 19.7 Å². The number of rotatable bonds is 12. The second-order valence-corrected chi connectivity index (χ2v) is 8.84. The van der Waals surface area contributed by atoms with E-state index in [9.17, 15) is 19.7 Å². The Kier molecular flexibility index (Phi) is 9.82. The molecule has 0 saturated carbocycles. The smallest absolute Gasteiger partial charge is 0.269 e. The zero-order chi connectivity index (χ0) is 27.7. The Morgan fingerprint density at radius 1 is 1.13 bits per heavy atom. The van der Waals surface area contributed by atoms with Crippen LogP contribution in [0.3, 0.4) is 0 Å². The molecule has 0 radical (unpaired) electrons. The fourth-order valence-electron chi connectivity index (χ4n) is 3.45. The van der Waals surface area contributed by atoms with Gasteiger partial charge in [-0.1, -0.05) is 17.8 Å². The number of non-ortho nitro benzene ring substituents is 1. The molecule has 1 heterocycles. The number of hydrogen-bond donors (Lipinski definition) is 2. The minimum atomic E-state index is -0.485. The standard InChI is InChI=1S/C25H28N6O6S/c1-5-30-22(14-26-23(32)11-7-17-6-10-20(36-3)21(13-17)37-4)28-29-25(30)38-15-24(33)27-19-9-8-18(31(34)35)12-16(19)2/h6-13H,5,14-15H2,1-4H3,(H,26,32)(H,27,33). The lowest BCUT2D eigenvalue weighted by atomic mass is 10.2. The predicted octanol–water partition coefficient (Wildman–Crippen LogP) is 3.59. The van der Waals surface area contributed by atoms with Crippen molar-refractivity contribution in [1.29, 1.82) is 0 Å². The van der Waals surface area contributed by atoms with E-state index in [4.69, 9.17) is 9.47 Å². The summed E-state index contributed by atoms with van der Waals surface area (Å²) >= 11 is 1.20. The van der Waals surface area contributed by atoms with Crippen LogP contribution in [0.4, 0.5) is 11.4 Å². The third-order valence-corrected chi connectivity index (χ3v) is 6.36. The number of amides is 2. The lowest BCUT2D eigenvalue weighted by Gasteiger charge is -2.09. The number of carbonyl (C=O) groups is 2. The third-order valence-electron chi connectivity index (χ3n) is 5.39. The first kappa shape index (κ1) is 28.2. The van der Waals surface area contributed by atoms with Crippen molar-refractivity contribution in [3.05, 3.63) is 69.5 Å². The van der Waals surface area contributed by atoms with Gasteiger partial charge >= 0.3 is 0 Å². The Bertz CT molecular complexity index is 1360. The number of benzene rings is 2. The number of aryl methyl sites for hydroxylation is 1. The molecule has 0 aliphatic rings. The van der Waals surface area contributed by atoms with Gasteiger partial charge in [0.1, 0.15) is 0 Å². The van der Waals surface area contributed by atoms with E-state index in [2.05, 4.69) is 20.8 Å². The molecule has 0 unspecified atom stereocenters. The molecule has 38 heavy (non-hydrogen) atoms. The normalized spacial score (nSPS) is 10.8. The second kappa shape index (κ2) is 13.2. The lowest BCUT2D eigenvalue weighted by Crippen LogP contribution is -2.22. The molecule has 0 aliphatic carbocycles. The van der Waals surface area contributed by atoms with Gasteiger partial charge in [-0.15, -0.1) is 10.2 Å². The van der Waals surface area contributed by atoms with Gasteiger partial charge in [0.25, 0.3) is 5.69 Å². The number of carbonyl (C=O) groups excluding carboxylic acids is 2. The third kappa shape index (κ3) is 7.32. The van der Waals surface area contributed by atoms with Crippen LogP contribution in [0.2, 0.25) is 0 Å². The van der Waals surface area contributed by atoms with Crippen molar-refractivity contribution in [2.75, 3.05) is 25.3 Å². The topological polar surface area (TPSA) is 151 Å². The van der Waals surface area contributed by atoms with Gasteiger partial charge in [0.15, 0.2) is 22.5 Å². The van der Waals surface area contributed by atoms with E-state index in [0.717, 1.165) is 5.56 Å². The lowest BCUT2D eigenvalue weighted by molar-refractivity contribution is -0.384. The fourth-order valence-corrected chi connectivity index (χ4v) is 4.27. The van der Waals surface area contributed by atoms with Crippen molar-refractivity contribution in [1.82, 2.24) is 20.1 Å². The maximum Gasteiger partial charge on any atom is 0.269 e. The van der Waals surface area contributed by atoms with Crippen molar-refractivity contribution in [3.8, 4) is 11.5 Å². The zero-order valence-corrected chi connectivity index (χ0v) is 22.2. The van der Waals surface area contributed by atoms with E-state index >= 15 is 0 Å². The van der Waals surface area contributed by atoms with Gasteiger partial charge in [-0.2, -0.15) is 0 Å². The van der Waals surface area contributed by atoms with Gasteiger partial charge < -0.3 is 24.7 Å². The van der Waals surface area contributed by atoms with Crippen LogP contribution in [-0.2, 0) is 22.7 Å². The summed E-state index contributed by atoms with van der Waals surface area (Å²) in [4.78, 5) is 35.2. The molecule has 0 atom stereocenters. The van der Waals surface area contributed by atoms with Crippen molar-refractivity contribution < 1.29 is 24.0 Å². The number of nitrogens with zero attached hydrogens (tertiary/aromatic N) is 4. The molecule has 3 rings (SSSR count). The SMILES string of the molecule is CCn1c(CNC(=O)C=Cc2ccc(OC)c(OC)c2)nnc1SCC(=O)Nc1ccc([N+](=O)[O-])cc1C. The molecule has 3 aromatic rings. The maximum atomic E-state index is 12.4. The van der Waals surface area contributed by atoms with Crippen LogP contribution >= 0.6 is 11.8 Å². The fraction of sp³-hybridized carbons (Fsp3) is 0.280. The summed E-state index contributed by atoms with van der Waals surface area (Å²) in [5, 5.41) is 25.3. The van der Waals surface area contributed by atoms with E-state index in [0.29, 0.717) is 40.3 Å². The average Bonchev–Trinajstić information content (AvgIpc) is 3.31. The molecule has 12 nitrogen and oxygen atoms in total. The molecule has 13 heteroatoms. The Balaban J connectivity index is 1.54. The Hall–Kier alpha value is -4.39. The molecule has 2 N–H and O–H groups in total. The van der Waals surface area contributed by atoms with Crippen LogP contribution in [-0.4, -0.2) is 51.5 Å². The number of ether oxygens (including phenoxy) is 2. The first-order valence-corrected chi connectivity index (χ1v) is 12.5. The highest BCUT2D eigenvalue weighted by Crippen LogP contribution is 2.28. The Labute approximate surface area is 223 Å². The zero-order valence-electron chi connectivity index (χ0n) is 21.4. The van der Waals surface area contributed by atoms with Crippen LogP contribution in [0.1, 0.15) is 23.9 Å². The molecule has 2 aromatic carbocycles. The molecule has 1 aromatic heterocycles. The predicted molar refractivity (Wildman–Crippen MR) is 143 cm³/mol. The van der Waals surface area contributed by atoms with E-state index < -0.39 is 4.92 Å². The van der Waals surface area contributed by atoms with Crippen LogP contribution in [0.5, 0.6) is 11.5 Å². The summed E-state index contributed by atoms with van der Waals surface area (Å²) in [6.07, 6.45) is 3.07. The molecular formula is C25H28N6O6S. The number of nitro groups is 1. The van der Waals surface area contributed by atoms with Gasteiger partial charge in [-0.05, 0) is 49.2 Å². The minimum Gasteiger partial charge on any atom is -0.493 e. The molecule has 0 fully saturated rings. The quantitative estimate of drug-likeness (QED) is 0.152. The molecule has 0 aliphatic heterocycles. The molecule has 200 valence electrons. The van der Waals surface area contributed by atoms with Crippen LogP contribution < -0.4 is 20.1 Å². The van der Waals surface area contributed by atoms with Crippen LogP contribution in [0.25, 0.3) is 6.08 Å². The number of thioether (sulfide) groups is 1. The molecule has 0 spiro atoms. The van der Waals surface area contributed by atoms with Gasteiger partial charge in [-0.25, -0.2) is 0 Å². The number of methoxy groups -OCH3 is 2. The maximum absolute atomic E-state index is 12.4. The molecule has 2 amide bonds. The van der Waals surface area contributed by atoms with E-state index in [1.807, 2.05) is 11.5 Å². The van der Waals surface area contributed by atoms with Gasteiger partial charge in [0.05, 0.1) is 31.4 Å². The minimum absolute atomic E-state index is 0.0398. The van der Waals surface area contributed by atoms with Gasteiger partial charge in [0.2, 0.25) is 11.8 Å². The van der Waals surface area contributed by atoms with Crippen molar-refractivity contribution >= 4 is 41.0 Å². The number of nitrogens with one attached hydrogen (secondary N) is 2. The summed E-state index contributed by atoms with van der Waals surface area (Å²) in [6.45, 7) is 4.30. The molecular weight excluding hydrogens is 512 g/mol. The summed E-state index contributed by atoms with van der Waals surface area (Å²) in [5.41, 5.74) is 1.83. The van der Waals surface area contributed by atoms with Crippen molar-refractivity contribution in [2.24, 2.45) is 0 Å². The monoisotopic (exact) mass is 540 g/mol. The Morgan fingerprint density at radius 3 is 2.55 bits per heavy atom. The van der Waals surface area contributed by atoms with E-state index in [-0.39, 0.29) is 29.8 Å².